The summed E-state index contributed by atoms with van der Waals surface area (Å²) in [6.45, 7) is 2.61. The SMILES string of the molecule is Cc1c(C(=O)O)oc2cc(C(=O)NC3CC4CC3CN4)ncc12. The first-order chi connectivity index (χ1) is 11.0. The number of aromatic carboxylic acids is 1. The molecule has 1 saturated heterocycles. The van der Waals surface area contributed by atoms with Crippen molar-refractivity contribution < 1.29 is 19.1 Å². The monoisotopic (exact) mass is 315 g/mol. The standard InChI is InChI=1S/C16H17N3O4/c1-7-10-6-18-12(4-13(10)23-14(7)16(21)22)15(20)19-11-3-9-2-8(11)5-17-9/h4,6,8-9,11,17H,2-3,5H2,1H3,(H,19,20)(H,21,22). The second-order valence-electron chi connectivity index (χ2n) is 6.34. The summed E-state index contributed by atoms with van der Waals surface area (Å²) in [6.07, 6.45) is 3.55. The van der Waals surface area contributed by atoms with Gasteiger partial charge in [0.1, 0.15) is 11.3 Å². The summed E-state index contributed by atoms with van der Waals surface area (Å²) >= 11 is 0. The Labute approximate surface area is 132 Å². The minimum atomic E-state index is -1.13. The highest BCUT2D eigenvalue weighted by Gasteiger charge is 2.40. The van der Waals surface area contributed by atoms with Gasteiger partial charge in [-0.2, -0.15) is 0 Å². The number of aryl methyl sites for hydroxylation is 1. The number of carbonyl (C=O) groups excluding carboxylic acids is 1. The van der Waals surface area contributed by atoms with Crippen LogP contribution in [0.25, 0.3) is 11.0 Å². The minimum Gasteiger partial charge on any atom is -0.475 e. The Hall–Kier alpha value is -2.41. The molecule has 7 nitrogen and oxygen atoms in total. The third-order valence-corrected chi connectivity index (χ3v) is 4.93. The van der Waals surface area contributed by atoms with Crippen LogP contribution in [0.3, 0.4) is 0 Å². The van der Waals surface area contributed by atoms with Crippen LogP contribution in [0.5, 0.6) is 0 Å². The third kappa shape index (κ3) is 2.28. The lowest BCUT2D eigenvalue weighted by Gasteiger charge is -2.23. The minimum absolute atomic E-state index is 0.112. The molecule has 0 aromatic carbocycles. The first-order valence-corrected chi connectivity index (χ1v) is 7.69. The maximum atomic E-state index is 12.4. The van der Waals surface area contributed by atoms with Crippen LogP contribution in [0.2, 0.25) is 0 Å². The van der Waals surface area contributed by atoms with Crippen LogP contribution in [-0.4, -0.2) is 40.6 Å². The highest BCUT2D eigenvalue weighted by atomic mass is 16.4. The number of aromatic nitrogens is 1. The fraction of sp³-hybridized carbons (Fsp3) is 0.438. The summed E-state index contributed by atoms with van der Waals surface area (Å²) in [5.41, 5.74) is 1.14. The van der Waals surface area contributed by atoms with Crippen LogP contribution in [0, 0.1) is 12.8 Å². The zero-order chi connectivity index (χ0) is 16.1. The van der Waals surface area contributed by atoms with Crippen molar-refractivity contribution in [3.8, 4) is 0 Å². The molecule has 3 atom stereocenters. The van der Waals surface area contributed by atoms with Crippen LogP contribution in [0.15, 0.2) is 16.7 Å². The van der Waals surface area contributed by atoms with Crippen molar-refractivity contribution in [2.24, 2.45) is 5.92 Å². The molecule has 1 aliphatic heterocycles. The summed E-state index contributed by atoms with van der Waals surface area (Å²) in [5.74, 6) is -0.995. The van der Waals surface area contributed by atoms with Crippen LogP contribution >= 0.6 is 0 Å². The first kappa shape index (κ1) is 14.2. The Balaban J connectivity index is 1.59. The Morgan fingerprint density at radius 1 is 1.43 bits per heavy atom. The van der Waals surface area contributed by atoms with Gasteiger partial charge >= 0.3 is 5.97 Å². The third-order valence-electron chi connectivity index (χ3n) is 4.93. The van der Waals surface area contributed by atoms with Gasteiger partial charge < -0.3 is 20.2 Å². The predicted octanol–water partition coefficient (Wildman–Crippen LogP) is 1.31. The molecule has 3 unspecified atom stereocenters. The molecule has 0 spiro atoms. The number of rotatable bonds is 3. The Bertz CT molecular complexity index is 813. The van der Waals surface area contributed by atoms with Crippen molar-refractivity contribution in [3.63, 3.8) is 0 Å². The molecule has 7 heteroatoms. The Morgan fingerprint density at radius 3 is 2.91 bits per heavy atom. The number of furan rings is 1. The van der Waals surface area contributed by atoms with Crippen LogP contribution < -0.4 is 10.6 Å². The number of amides is 1. The van der Waals surface area contributed by atoms with Gasteiger partial charge in [-0.05, 0) is 25.7 Å². The summed E-state index contributed by atoms with van der Waals surface area (Å²) in [5, 5.41) is 16.2. The lowest BCUT2D eigenvalue weighted by molar-refractivity contribution is 0.0663. The predicted molar refractivity (Wildman–Crippen MR) is 81.5 cm³/mol. The Morgan fingerprint density at radius 2 is 2.26 bits per heavy atom. The summed E-state index contributed by atoms with van der Waals surface area (Å²) in [4.78, 5) is 27.7. The largest absolute Gasteiger partial charge is 0.475 e. The van der Waals surface area contributed by atoms with E-state index in [4.69, 9.17) is 9.52 Å². The molecule has 1 amide bonds. The summed E-state index contributed by atoms with van der Waals surface area (Å²) < 4.78 is 5.34. The van der Waals surface area contributed by atoms with Gasteiger partial charge in [-0.3, -0.25) is 9.78 Å². The van der Waals surface area contributed by atoms with Crippen molar-refractivity contribution in [2.75, 3.05) is 6.54 Å². The molecule has 3 heterocycles. The molecule has 2 aromatic rings. The summed E-state index contributed by atoms with van der Waals surface area (Å²) in [7, 11) is 0. The second kappa shape index (κ2) is 5.06. The van der Waals surface area contributed by atoms with E-state index in [2.05, 4.69) is 15.6 Å². The van der Waals surface area contributed by atoms with Gasteiger partial charge in [-0.25, -0.2) is 4.79 Å². The lowest BCUT2D eigenvalue weighted by Crippen LogP contribution is -2.44. The number of hydrogen-bond acceptors (Lipinski definition) is 5. The van der Waals surface area contributed by atoms with E-state index in [-0.39, 0.29) is 23.4 Å². The molecule has 1 saturated carbocycles. The molecule has 2 aliphatic rings. The normalized spacial score (nSPS) is 25.9. The smallest absolute Gasteiger partial charge is 0.372 e. The van der Waals surface area contributed by atoms with Crippen LogP contribution in [-0.2, 0) is 0 Å². The van der Waals surface area contributed by atoms with Crippen molar-refractivity contribution >= 4 is 22.8 Å². The molecular formula is C16H17N3O4. The van der Waals surface area contributed by atoms with E-state index >= 15 is 0 Å². The quantitative estimate of drug-likeness (QED) is 0.789. The topological polar surface area (TPSA) is 104 Å². The van der Waals surface area contributed by atoms with Crippen molar-refractivity contribution in [1.29, 1.82) is 0 Å². The molecule has 2 bridgehead atoms. The van der Waals surface area contributed by atoms with E-state index in [0.717, 1.165) is 19.4 Å². The zero-order valence-electron chi connectivity index (χ0n) is 12.6. The van der Waals surface area contributed by atoms with E-state index in [1.54, 1.807) is 6.92 Å². The van der Waals surface area contributed by atoms with E-state index in [1.807, 2.05) is 0 Å². The van der Waals surface area contributed by atoms with Gasteiger partial charge in [0, 0.05) is 41.8 Å². The van der Waals surface area contributed by atoms with Crippen molar-refractivity contribution in [3.05, 3.63) is 29.3 Å². The number of nitrogens with zero attached hydrogens (tertiary/aromatic N) is 1. The summed E-state index contributed by atoms with van der Waals surface area (Å²) in [6, 6.07) is 2.20. The van der Waals surface area contributed by atoms with Crippen LogP contribution in [0.4, 0.5) is 0 Å². The highest BCUT2D eigenvalue weighted by Crippen LogP contribution is 2.31. The lowest BCUT2D eigenvalue weighted by atomic mass is 10.0. The van der Waals surface area contributed by atoms with Gasteiger partial charge in [0.15, 0.2) is 0 Å². The molecule has 4 rings (SSSR count). The number of nitrogens with one attached hydrogen (secondary N) is 2. The molecule has 0 radical (unpaired) electrons. The number of carboxylic acids is 1. The fourth-order valence-electron chi connectivity index (χ4n) is 3.69. The number of piperidine rings is 1. The highest BCUT2D eigenvalue weighted by molar-refractivity contribution is 5.98. The molecule has 2 aromatic heterocycles. The maximum absolute atomic E-state index is 12.4. The number of carbonyl (C=O) groups is 2. The van der Waals surface area contributed by atoms with Gasteiger partial charge in [-0.15, -0.1) is 0 Å². The van der Waals surface area contributed by atoms with Gasteiger partial charge in [0.25, 0.3) is 5.91 Å². The van der Waals surface area contributed by atoms with Gasteiger partial charge in [0.2, 0.25) is 5.76 Å². The molecule has 3 N–H and O–H groups in total. The van der Waals surface area contributed by atoms with E-state index in [1.165, 1.54) is 12.3 Å². The van der Waals surface area contributed by atoms with Gasteiger partial charge in [-0.1, -0.05) is 0 Å². The van der Waals surface area contributed by atoms with E-state index in [9.17, 15) is 9.59 Å². The number of pyridine rings is 1. The average molecular weight is 315 g/mol. The van der Waals surface area contributed by atoms with Gasteiger partial charge in [0.05, 0.1) is 0 Å². The molecule has 120 valence electrons. The number of hydrogen-bond donors (Lipinski definition) is 3. The molecular weight excluding hydrogens is 298 g/mol. The number of carboxylic acid groups (broad SMARTS) is 1. The van der Waals surface area contributed by atoms with E-state index < -0.39 is 5.97 Å². The maximum Gasteiger partial charge on any atom is 0.372 e. The first-order valence-electron chi connectivity index (χ1n) is 7.69. The van der Waals surface area contributed by atoms with Crippen molar-refractivity contribution in [1.82, 2.24) is 15.6 Å². The average Bonchev–Trinajstić information content (AvgIpc) is 3.21. The molecule has 2 fully saturated rings. The Kier molecular flexibility index (Phi) is 3.12. The zero-order valence-corrected chi connectivity index (χ0v) is 12.6. The second-order valence-corrected chi connectivity index (χ2v) is 6.34. The van der Waals surface area contributed by atoms with E-state index in [0.29, 0.717) is 28.5 Å². The molecule has 1 aliphatic carbocycles. The fourth-order valence-corrected chi connectivity index (χ4v) is 3.69. The van der Waals surface area contributed by atoms with Crippen LogP contribution in [0.1, 0.15) is 39.4 Å². The number of fused-ring (bicyclic) bond motifs is 3. The molecule has 23 heavy (non-hydrogen) atoms. The van der Waals surface area contributed by atoms with Crippen molar-refractivity contribution in [2.45, 2.75) is 31.8 Å².